The van der Waals surface area contributed by atoms with Crippen LogP contribution in [-0.4, -0.2) is 18.3 Å². The molecule has 1 unspecified atom stereocenters. The summed E-state index contributed by atoms with van der Waals surface area (Å²) in [6.07, 6.45) is 2.24. The molecule has 0 spiro atoms. The van der Waals surface area contributed by atoms with Crippen molar-refractivity contribution in [2.24, 2.45) is 0 Å². The first-order valence-corrected chi connectivity index (χ1v) is 7.44. The van der Waals surface area contributed by atoms with Crippen LogP contribution in [0.25, 0.3) is 0 Å². The molecule has 0 fully saturated rings. The molecule has 1 atom stereocenters. The molecule has 0 aromatic heterocycles. The summed E-state index contributed by atoms with van der Waals surface area (Å²) in [5, 5.41) is 10.3. The Morgan fingerprint density at radius 1 is 0.952 bits per heavy atom. The first-order chi connectivity index (χ1) is 10.3. The Labute approximate surface area is 125 Å². The fourth-order valence-electron chi connectivity index (χ4n) is 2.58. The van der Waals surface area contributed by atoms with Crippen molar-refractivity contribution in [3.8, 4) is 11.5 Å². The van der Waals surface area contributed by atoms with E-state index in [0.29, 0.717) is 13.2 Å². The van der Waals surface area contributed by atoms with E-state index in [0.717, 1.165) is 36.3 Å². The third-order valence-corrected chi connectivity index (χ3v) is 3.74. The second-order valence-electron chi connectivity index (χ2n) is 5.30. The summed E-state index contributed by atoms with van der Waals surface area (Å²) in [4.78, 5) is 0. The van der Waals surface area contributed by atoms with Gasteiger partial charge in [0.05, 0.1) is 6.10 Å². The molecule has 3 nitrogen and oxygen atoms in total. The third kappa shape index (κ3) is 3.56. The zero-order valence-electron chi connectivity index (χ0n) is 12.0. The van der Waals surface area contributed by atoms with Gasteiger partial charge in [0.2, 0.25) is 0 Å². The van der Waals surface area contributed by atoms with Gasteiger partial charge in [-0.25, -0.2) is 0 Å². The van der Waals surface area contributed by atoms with Gasteiger partial charge in [-0.05, 0) is 42.5 Å². The third-order valence-electron chi connectivity index (χ3n) is 3.74. The Morgan fingerprint density at radius 2 is 1.71 bits per heavy atom. The molecule has 2 aromatic rings. The maximum absolute atomic E-state index is 10.3. The predicted octanol–water partition coefficient (Wildman–Crippen LogP) is 3.51. The fraction of sp³-hybridized carbons (Fsp3) is 0.333. The van der Waals surface area contributed by atoms with E-state index in [2.05, 4.69) is 12.1 Å². The van der Waals surface area contributed by atoms with E-state index in [1.807, 2.05) is 36.4 Å². The smallest absolute Gasteiger partial charge is 0.161 e. The number of benzene rings is 2. The summed E-state index contributed by atoms with van der Waals surface area (Å²) in [6, 6.07) is 16.0. The molecule has 0 amide bonds. The minimum absolute atomic E-state index is 0.454. The maximum Gasteiger partial charge on any atom is 0.161 e. The van der Waals surface area contributed by atoms with Crippen LogP contribution in [0.4, 0.5) is 0 Å². The number of hydrogen-bond donors (Lipinski definition) is 1. The van der Waals surface area contributed by atoms with E-state index < -0.39 is 6.10 Å². The van der Waals surface area contributed by atoms with E-state index in [-0.39, 0.29) is 0 Å². The van der Waals surface area contributed by atoms with Crippen LogP contribution >= 0.6 is 0 Å². The van der Waals surface area contributed by atoms with Gasteiger partial charge in [0.25, 0.3) is 0 Å². The number of hydrogen-bond acceptors (Lipinski definition) is 3. The number of aliphatic hydroxyl groups excluding tert-OH is 1. The van der Waals surface area contributed by atoms with Crippen molar-refractivity contribution < 1.29 is 14.6 Å². The molecule has 0 saturated carbocycles. The van der Waals surface area contributed by atoms with Gasteiger partial charge in [0, 0.05) is 0 Å². The second-order valence-corrected chi connectivity index (χ2v) is 5.30. The molecule has 1 N–H and O–H groups in total. The van der Waals surface area contributed by atoms with E-state index in [9.17, 15) is 5.11 Å². The predicted molar refractivity (Wildman–Crippen MR) is 81.8 cm³/mol. The largest absolute Gasteiger partial charge is 0.486 e. The van der Waals surface area contributed by atoms with E-state index in [1.54, 1.807) is 0 Å². The fourth-order valence-corrected chi connectivity index (χ4v) is 2.58. The van der Waals surface area contributed by atoms with Gasteiger partial charge in [0.1, 0.15) is 13.2 Å². The van der Waals surface area contributed by atoms with Crippen molar-refractivity contribution in [1.82, 2.24) is 0 Å². The van der Waals surface area contributed by atoms with E-state index >= 15 is 0 Å². The van der Waals surface area contributed by atoms with Crippen LogP contribution in [0.2, 0.25) is 0 Å². The summed E-state index contributed by atoms with van der Waals surface area (Å²) in [5.41, 5.74) is 2.21. The number of aryl methyl sites for hydroxylation is 1. The van der Waals surface area contributed by atoms with Gasteiger partial charge in [-0.1, -0.05) is 36.4 Å². The van der Waals surface area contributed by atoms with E-state index in [4.69, 9.17) is 9.47 Å². The quantitative estimate of drug-likeness (QED) is 0.913. The van der Waals surface area contributed by atoms with Crippen LogP contribution in [0.15, 0.2) is 48.5 Å². The highest BCUT2D eigenvalue weighted by Gasteiger charge is 2.15. The van der Waals surface area contributed by atoms with Crippen molar-refractivity contribution in [1.29, 1.82) is 0 Å². The van der Waals surface area contributed by atoms with Gasteiger partial charge in [-0.2, -0.15) is 0 Å². The number of ether oxygens (including phenoxy) is 2. The minimum atomic E-state index is -0.454. The highest BCUT2D eigenvalue weighted by atomic mass is 16.6. The van der Waals surface area contributed by atoms with E-state index in [1.165, 1.54) is 5.56 Å². The Bertz CT molecular complexity index is 580. The highest BCUT2D eigenvalue weighted by molar-refractivity contribution is 5.44. The SMILES string of the molecule is OC(CCCc1ccccc1)c1ccc2c(c1)OCCO2. The van der Waals surface area contributed by atoms with Crippen LogP contribution < -0.4 is 9.47 Å². The second kappa shape index (κ2) is 6.64. The topological polar surface area (TPSA) is 38.7 Å². The number of aliphatic hydroxyl groups is 1. The Hall–Kier alpha value is -2.00. The Morgan fingerprint density at radius 3 is 2.52 bits per heavy atom. The summed E-state index contributed by atoms with van der Waals surface area (Å²) in [6.45, 7) is 1.16. The molecule has 3 heteroatoms. The summed E-state index contributed by atoms with van der Waals surface area (Å²) < 4.78 is 11.0. The zero-order valence-corrected chi connectivity index (χ0v) is 12.0. The van der Waals surface area contributed by atoms with Crippen molar-refractivity contribution in [2.45, 2.75) is 25.4 Å². The molecule has 3 rings (SSSR count). The molecule has 0 aliphatic carbocycles. The summed E-state index contributed by atoms with van der Waals surface area (Å²) >= 11 is 0. The monoisotopic (exact) mass is 284 g/mol. The zero-order chi connectivity index (χ0) is 14.5. The molecule has 0 bridgehead atoms. The van der Waals surface area contributed by atoms with Crippen LogP contribution in [-0.2, 0) is 6.42 Å². The summed E-state index contributed by atoms with van der Waals surface area (Å²) in [5.74, 6) is 1.50. The van der Waals surface area contributed by atoms with Crippen molar-refractivity contribution >= 4 is 0 Å². The van der Waals surface area contributed by atoms with Gasteiger partial charge in [-0.15, -0.1) is 0 Å². The first-order valence-electron chi connectivity index (χ1n) is 7.44. The highest BCUT2D eigenvalue weighted by Crippen LogP contribution is 2.33. The lowest BCUT2D eigenvalue weighted by Crippen LogP contribution is -2.15. The van der Waals surface area contributed by atoms with Gasteiger partial charge < -0.3 is 14.6 Å². The van der Waals surface area contributed by atoms with Crippen LogP contribution in [0.1, 0.15) is 30.1 Å². The van der Waals surface area contributed by atoms with Gasteiger partial charge >= 0.3 is 0 Å². The normalized spacial score (nSPS) is 14.7. The number of fused-ring (bicyclic) bond motifs is 1. The van der Waals surface area contributed by atoms with Crippen molar-refractivity contribution in [2.75, 3.05) is 13.2 Å². The minimum Gasteiger partial charge on any atom is -0.486 e. The number of rotatable bonds is 5. The molecular formula is C18H20O3. The standard InChI is InChI=1S/C18H20O3/c19-16(8-4-7-14-5-2-1-3-6-14)15-9-10-17-18(13-15)21-12-11-20-17/h1-3,5-6,9-10,13,16,19H,4,7-8,11-12H2. The maximum atomic E-state index is 10.3. The molecule has 21 heavy (non-hydrogen) atoms. The molecular weight excluding hydrogens is 264 g/mol. The molecule has 1 aliphatic rings. The van der Waals surface area contributed by atoms with Crippen molar-refractivity contribution in [3.63, 3.8) is 0 Å². The van der Waals surface area contributed by atoms with Gasteiger partial charge in [0.15, 0.2) is 11.5 Å². The molecule has 0 saturated heterocycles. The lowest BCUT2D eigenvalue weighted by molar-refractivity contribution is 0.157. The average molecular weight is 284 g/mol. The lowest BCUT2D eigenvalue weighted by Gasteiger charge is -2.20. The van der Waals surface area contributed by atoms with Gasteiger partial charge in [-0.3, -0.25) is 0 Å². The average Bonchev–Trinajstić information content (AvgIpc) is 2.55. The first kappa shape index (κ1) is 14.0. The lowest BCUT2D eigenvalue weighted by atomic mass is 10.0. The van der Waals surface area contributed by atoms with Crippen molar-refractivity contribution in [3.05, 3.63) is 59.7 Å². The van der Waals surface area contributed by atoms with Crippen LogP contribution in [0, 0.1) is 0 Å². The Kier molecular flexibility index (Phi) is 4.41. The molecule has 2 aromatic carbocycles. The van der Waals surface area contributed by atoms with Crippen LogP contribution in [0.3, 0.4) is 0 Å². The molecule has 110 valence electrons. The molecule has 0 radical (unpaired) electrons. The Balaban J connectivity index is 1.56. The molecule has 1 aliphatic heterocycles. The van der Waals surface area contributed by atoms with Crippen LogP contribution in [0.5, 0.6) is 11.5 Å². The summed E-state index contributed by atoms with van der Waals surface area (Å²) in [7, 11) is 0. The molecule has 1 heterocycles.